The zero-order valence-electron chi connectivity index (χ0n) is 13.8. The predicted octanol–water partition coefficient (Wildman–Crippen LogP) is 4.05. The number of methoxy groups -OCH3 is 1. The van der Waals surface area contributed by atoms with Crippen LogP contribution in [0, 0.1) is 25.5 Å². The van der Waals surface area contributed by atoms with E-state index in [-0.39, 0.29) is 17.9 Å². The largest absolute Gasteiger partial charge is 0.469 e. The molecule has 3 rings (SSSR count). The van der Waals surface area contributed by atoms with Crippen molar-refractivity contribution in [3.8, 4) is 0 Å². The van der Waals surface area contributed by atoms with Crippen LogP contribution >= 0.6 is 11.3 Å². The molecule has 2 heterocycles. The minimum absolute atomic E-state index is 0.0914. The highest BCUT2D eigenvalue weighted by Gasteiger charge is 2.17. The molecule has 0 spiro atoms. The lowest BCUT2D eigenvalue weighted by molar-refractivity contribution is -0.139. The fraction of sp³-hybridized carbons (Fsp3) is 0.235. The number of nitrogens with zero attached hydrogens (tertiary/aromatic N) is 2. The summed E-state index contributed by atoms with van der Waals surface area (Å²) in [6.07, 6.45) is -0.0942. The summed E-state index contributed by atoms with van der Waals surface area (Å²) >= 11 is 1.46. The Hall–Kier alpha value is -2.61. The van der Waals surface area contributed by atoms with Gasteiger partial charge in [-0.1, -0.05) is 0 Å². The number of nitrogens with one attached hydrogen (secondary N) is 1. The van der Waals surface area contributed by atoms with Gasteiger partial charge in [-0.2, -0.15) is 0 Å². The van der Waals surface area contributed by atoms with Crippen molar-refractivity contribution in [1.82, 2.24) is 9.97 Å². The second-order valence-electron chi connectivity index (χ2n) is 5.45. The van der Waals surface area contributed by atoms with Crippen LogP contribution in [0.15, 0.2) is 18.2 Å². The molecule has 25 heavy (non-hydrogen) atoms. The fourth-order valence-electron chi connectivity index (χ4n) is 2.38. The van der Waals surface area contributed by atoms with Crippen LogP contribution in [0.1, 0.15) is 16.3 Å². The number of esters is 1. The molecule has 0 saturated carbocycles. The van der Waals surface area contributed by atoms with E-state index >= 15 is 0 Å². The first-order valence-electron chi connectivity index (χ1n) is 7.44. The topological polar surface area (TPSA) is 64.1 Å². The molecule has 0 saturated heterocycles. The first kappa shape index (κ1) is 17.2. The van der Waals surface area contributed by atoms with E-state index < -0.39 is 17.6 Å². The summed E-state index contributed by atoms with van der Waals surface area (Å²) in [5, 5.41) is 3.64. The number of benzene rings is 1. The molecule has 1 N–H and O–H groups in total. The third kappa shape index (κ3) is 3.43. The molecule has 0 radical (unpaired) electrons. The molecule has 0 aliphatic rings. The van der Waals surface area contributed by atoms with Crippen LogP contribution in [-0.4, -0.2) is 23.0 Å². The number of thiophene rings is 1. The Labute approximate surface area is 146 Å². The maximum absolute atomic E-state index is 14.0. The van der Waals surface area contributed by atoms with Gasteiger partial charge in [-0.3, -0.25) is 4.79 Å². The zero-order chi connectivity index (χ0) is 18.1. The highest BCUT2D eigenvalue weighted by molar-refractivity contribution is 7.18. The second kappa shape index (κ2) is 6.72. The monoisotopic (exact) mass is 363 g/mol. The molecule has 0 aliphatic heterocycles. The average Bonchev–Trinajstić information content (AvgIpc) is 2.84. The van der Waals surface area contributed by atoms with Gasteiger partial charge in [0.2, 0.25) is 0 Å². The highest BCUT2D eigenvalue weighted by Crippen LogP contribution is 2.35. The van der Waals surface area contributed by atoms with E-state index in [1.54, 1.807) is 0 Å². The highest BCUT2D eigenvalue weighted by atomic mass is 32.1. The number of aromatic nitrogens is 2. The van der Waals surface area contributed by atoms with Crippen molar-refractivity contribution < 1.29 is 18.3 Å². The van der Waals surface area contributed by atoms with Crippen LogP contribution < -0.4 is 5.32 Å². The lowest BCUT2D eigenvalue weighted by atomic mass is 10.2. The van der Waals surface area contributed by atoms with Crippen LogP contribution in [-0.2, 0) is 16.0 Å². The third-order valence-electron chi connectivity index (χ3n) is 3.79. The summed E-state index contributed by atoms with van der Waals surface area (Å²) in [5.74, 6) is -1.22. The van der Waals surface area contributed by atoms with Crippen LogP contribution in [0.25, 0.3) is 10.2 Å². The maximum atomic E-state index is 14.0. The number of carbonyl (C=O) groups is 1. The number of carbonyl (C=O) groups excluding carboxylic acids is 1. The summed E-state index contributed by atoms with van der Waals surface area (Å²) in [6, 6.07) is 3.25. The van der Waals surface area contributed by atoms with Gasteiger partial charge in [0, 0.05) is 10.9 Å². The van der Waals surface area contributed by atoms with Crippen molar-refractivity contribution in [1.29, 1.82) is 0 Å². The van der Waals surface area contributed by atoms with Gasteiger partial charge in [-0.15, -0.1) is 11.3 Å². The van der Waals surface area contributed by atoms with E-state index in [9.17, 15) is 13.6 Å². The quantitative estimate of drug-likeness (QED) is 0.709. The molecule has 5 nitrogen and oxygen atoms in total. The van der Waals surface area contributed by atoms with E-state index in [0.29, 0.717) is 10.6 Å². The Morgan fingerprint density at radius 2 is 2.04 bits per heavy atom. The lowest BCUT2D eigenvalue weighted by Gasteiger charge is -2.10. The lowest BCUT2D eigenvalue weighted by Crippen LogP contribution is -2.09. The number of hydrogen-bond donors (Lipinski definition) is 1. The number of ether oxygens (including phenoxy) is 1. The standard InChI is InChI=1S/C17H15F2N3O2S/c1-8-9(2)25-17-15(8)16(21-13(22-17)7-14(23)24-3)20-12-5-4-10(18)6-11(12)19/h4-6H,7H2,1-3H3,(H,20,21,22). The first-order valence-corrected chi connectivity index (χ1v) is 8.26. The smallest absolute Gasteiger partial charge is 0.313 e. The number of anilines is 2. The third-order valence-corrected chi connectivity index (χ3v) is 4.89. The van der Waals surface area contributed by atoms with Crippen LogP contribution in [0.3, 0.4) is 0 Å². The minimum atomic E-state index is -0.731. The van der Waals surface area contributed by atoms with Crippen LogP contribution in [0.5, 0.6) is 0 Å². The van der Waals surface area contributed by atoms with Gasteiger partial charge in [0.15, 0.2) is 0 Å². The molecule has 0 unspecified atom stereocenters. The summed E-state index contributed by atoms with van der Waals surface area (Å²) in [7, 11) is 1.29. The van der Waals surface area contributed by atoms with Crippen molar-refractivity contribution in [2.45, 2.75) is 20.3 Å². The van der Waals surface area contributed by atoms with Crippen molar-refractivity contribution in [3.63, 3.8) is 0 Å². The second-order valence-corrected chi connectivity index (χ2v) is 6.66. The first-order chi connectivity index (χ1) is 11.9. The number of hydrogen-bond acceptors (Lipinski definition) is 6. The van der Waals surface area contributed by atoms with E-state index in [1.165, 1.54) is 24.5 Å². The summed E-state index contributed by atoms with van der Waals surface area (Å²) in [4.78, 5) is 22.0. The number of halogens is 2. The minimum Gasteiger partial charge on any atom is -0.469 e. The molecule has 130 valence electrons. The summed E-state index contributed by atoms with van der Waals surface area (Å²) < 4.78 is 31.7. The summed E-state index contributed by atoms with van der Waals surface area (Å²) in [6.45, 7) is 3.87. The molecule has 0 aliphatic carbocycles. The average molecular weight is 363 g/mol. The molecule has 3 aromatic rings. The SMILES string of the molecule is COC(=O)Cc1nc(Nc2ccc(F)cc2F)c2c(C)c(C)sc2n1. The molecular weight excluding hydrogens is 348 g/mol. The number of rotatable bonds is 4. The van der Waals surface area contributed by atoms with Crippen molar-refractivity contribution in [3.05, 3.63) is 46.1 Å². The zero-order valence-corrected chi connectivity index (χ0v) is 14.6. The molecule has 0 amide bonds. The van der Waals surface area contributed by atoms with Crippen molar-refractivity contribution in [2.75, 3.05) is 12.4 Å². The van der Waals surface area contributed by atoms with Gasteiger partial charge in [0.25, 0.3) is 0 Å². The van der Waals surface area contributed by atoms with E-state index in [0.717, 1.165) is 28.0 Å². The Morgan fingerprint density at radius 1 is 1.28 bits per heavy atom. The Morgan fingerprint density at radius 3 is 2.72 bits per heavy atom. The Kier molecular flexibility index (Phi) is 4.63. The van der Waals surface area contributed by atoms with Gasteiger partial charge >= 0.3 is 5.97 Å². The van der Waals surface area contributed by atoms with Gasteiger partial charge < -0.3 is 10.1 Å². The van der Waals surface area contributed by atoms with Crippen molar-refractivity contribution >= 4 is 39.0 Å². The molecule has 0 fully saturated rings. The van der Waals surface area contributed by atoms with Gasteiger partial charge in [0.1, 0.15) is 34.5 Å². The number of fused-ring (bicyclic) bond motifs is 1. The molecule has 8 heteroatoms. The normalized spacial score (nSPS) is 10.9. The maximum Gasteiger partial charge on any atom is 0.313 e. The fourth-order valence-corrected chi connectivity index (χ4v) is 3.43. The van der Waals surface area contributed by atoms with Gasteiger partial charge in [0.05, 0.1) is 18.2 Å². The van der Waals surface area contributed by atoms with E-state index in [4.69, 9.17) is 0 Å². The van der Waals surface area contributed by atoms with E-state index in [2.05, 4.69) is 20.0 Å². The molecule has 0 bridgehead atoms. The van der Waals surface area contributed by atoms with Crippen molar-refractivity contribution in [2.24, 2.45) is 0 Å². The number of aryl methyl sites for hydroxylation is 2. The Bertz CT molecular complexity index is 972. The molecule has 0 atom stereocenters. The summed E-state index contributed by atoms with van der Waals surface area (Å²) in [5.41, 5.74) is 1.06. The molecule has 2 aromatic heterocycles. The van der Waals surface area contributed by atoms with Gasteiger partial charge in [-0.25, -0.2) is 18.7 Å². The predicted molar refractivity (Wildman–Crippen MR) is 92.2 cm³/mol. The Balaban J connectivity index is 2.11. The van der Waals surface area contributed by atoms with Crippen LogP contribution in [0.4, 0.5) is 20.3 Å². The van der Waals surface area contributed by atoms with E-state index in [1.807, 2.05) is 13.8 Å². The molecular formula is C17H15F2N3O2S. The molecule has 1 aromatic carbocycles. The van der Waals surface area contributed by atoms with Gasteiger partial charge in [-0.05, 0) is 31.5 Å². The van der Waals surface area contributed by atoms with Crippen LogP contribution in [0.2, 0.25) is 0 Å².